The van der Waals surface area contributed by atoms with Crippen LogP contribution in [0.1, 0.15) is 37.8 Å². The van der Waals surface area contributed by atoms with Gasteiger partial charge in [0.25, 0.3) is 5.91 Å². The van der Waals surface area contributed by atoms with Crippen LogP contribution in [0.3, 0.4) is 0 Å². The number of carbonyl (C=O) groups is 1. The number of piperidine rings is 1. The van der Waals surface area contributed by atoms with E-state index < -0.39 is 29.2 Å². The predicted octanol–water partition coefficient (Wildman–Crippen LogP) is 3.47. The Morgan fingerprint density at radius 3 is 2.07 bits per heavy atom. The number of halogens is 2. The highest BCUT2D eigenvalue weighted by Crippen LogP contribution is 2.36. The van der Waals surface area contributed by atoms with Crippen molar-refractivity contribution in [2.24, 2.45) is 22.5 Å². The van der Waals surface area contributed by atoms with Crippen LogP contribution in [0.5, 0.6) is 0 Å². The molecule has 0 saturated carbocycles. The summed E-state index contributed by atoms with van der Waals surface area (Å²) in [6.07, 6.45) is 8.61. The number of likely N-dealkylation sites (tertiary alicyclic amines) is 1. The van der Waals surface area contributed by atoms with Crippen LogP contribution >= 0.6 is 0 Å². The van der Waals surface area contributed by atoms with E-state index in [1.165, 1.54) is 48.5 Å². The molecule has 0 spiro atoms. The van der Waals surface area contributed by atoms with Crippen molar-refractivity contribution in [1.82, 2.24) is 14.8 Å². The molecule has 0 radical (unpaired) electrons. The number of aliphatic hydroxyl groups excluding tert-OH is 1. The Labute approximate surface area is 254 Å². The Morgan fingerprint density at radius 2 is 1.58 bits per heavy atom. The number of hydrogen-bond acceptors (Lipinski definition) is 7. The molecule has 2 aromatic rings. The first kappa shape index (κ1) is 34.2. The van der Waals surface area contributed by atoms with Gasteiger partial charge in [0.1, 0.15) is 11.6 Å². The number of nitrogens with zero attached hydrogens (tertiary/aromatic N) is 4. The van der Waals surface area contributed by atoms with Gasteiger partial charge in [0.05, 0.1) is 6.10 Å². The third-order valence-electron chi connectivity index (χ3n) is 7.71. The van der Waals surface area contributed by atoms with Gasteiger partial charge in [-0.15, -0.1) is 0 Å². The monoisotopic (exact) mass is 596 g/mol. The number of carbonyl (C=O) groups excluding carboxylic acids is 1. The SMILES string of the molecule is C=NC(C(=O)N(CC(C)C)CC(O)CN1CCC(N(N)C/C=C\C=C/CN)CC1)(c1ccc(F)cc1)c1ccc(F)cc1. The summed E-state index contributed by atoms with van der Waals surface area (Å²) in [7, 11) is 0. The average molecular weight is 597 g/mol. The van der Waals surface area contributed by atoms with E-state index in [2.05, 4.69) is 16.6 Å². The summed E-state index contributed by atoms with van der Waals surface area (Å²) in [5, 5.41) is 13.1. The lowest BCUT2D eigenvalue weighted by Gasteiger charge is -2.39. The van der Waals surface area contributed by atoms with Crippen molar-refractivity contribution in [2.45, 2.75) is 44.4 Å². The van der Waals surface area contributed by atoms with Gasteiger partial charge in [-0.1, -0.05) is 62.4 Å². The zero-order chi connectivity index (χ0) is 31.4. The van der Waals surface area contributed by atoms with Gasteiger partial charge >= 0.3 is 0 Å². The fourth-order valence-corrected chi connectivity index (χ4v) is 5.57. The lowest BCUT2D eigenvalue weighted by atomic mass is 9.81. The van der Waals surface area contributed by atoms with E-state index in [0.29, 0.717) is 37.3 Å². The van der Waals surface area contributed by atoms with E-state index in [1.807, 2.05) is 43.2 Å². The van der Waals surface area contributed by atoms with Crippen molar-refractivity contribution in [3.8, 4) is 0 Å². The molecule has 1 atom stereocenters. The lowest BCUT2D eigenvalue weighted by Crippen LogP contribution is -2.53. The minimum Gasteiger partial charge on any atom is -0.390 e. The van der Waals surface area contributed by atoms with Crippen LogP contribution in [0.25, 0.3) is 0 Å². The molecule has 1 fully saturated rings. The number of hydrazine groups is 1. The van der Waals surface area contributed by atoms with E-state index in [-0.39, 0.29) is 18.5 Å². The maximum Gasteiger partial charge on any atom is 0.259 e. The van der Waals surface area contributed by atoms with Gasteiger partial charge in [-0.3, -0.25) is 15.6 Å². The molecule has 43 heavy (non-hydrogen) atoms. The van der Waals surface area contributed by atoms with Crippen molar-refractivity contribution in [3.05, 3.63) is 95.6 Å². The Kier molecular flexibility index (Phi) is 13.2. The summed E-state index contributed by atoms with van der Waals surface area (Å²) in [5.74, 6) is 5.04. The summed E-state index contributed by atoms with van der Waals surface area (Å²) < 4.78 is 27.8. The maximum absolute atomic E-state index is 14.4. The smallest absolute Gasteiger partial charge is 0.259 e. The zero-order valence-corrected chi connectivity index (χ0v) is 25.3. The van der Waals surface area contributed by atoms with E-state index in [0.717, 1.165) is 25.9 Å². The molecule has 0 bridgehead atoms. The molecule has 5 N–H and O–H groups in total. The summed E-state index contributed by atoms with van der Waals surface area (Å²) in [5.41, 5.74) is 4.62. The van der Waals surface area contributed by atoms with Crippen molar-refractivity contribution in [2.75, 3.05) is 45.8 Å². The lowest BCUT2D eigenvalue weighted by molar-refractivity contribution is -0.138. The number of allylic oxidation sites excluding steroid dienone is 2. The minimum absolute atomic E-state index is 0.0702. The van der Waals surface area contributed by atoms with Gasteiger partial charge in [0.15, 0.2) is 5.54 Å². The molecule has 1 saturated heterocycles. The zero-order valence-electron chi connectivity index (χ0n) is 25.3. The molecule has 1 heterocycles. The van der Waals surface area contributed by atoms with Gasteiger partial charge in [0.2, 0.25) is 0 Å². The van der Waals surface area contributed by atoms with Crippen LogP contribution in [0.4, 0.5) is 8.78 Å². The maximum atomic E-state index is 14.4. The number of rotatable bonds is 15. The molecule has 234 valence electrons. The highest BCUT2D eigenvalue weighted by Gasteiger charge is 2.44. The molecule has 8 nitrogen and oxygen atoms in total. The highest BCUT2D eigenvalue weighted by atomic mass is 19.1. The summed E-state index contributed by atoms with van der Waals surface area (Å²) in [4.78, 5) is 22.5. The molecule has 0 aromatic heterocycles. The van der Waals surface area contributed by atoms with E-state index >= 15 is 0 Å². The van der Waals surface area contributed by atoms with Gasteiger partial charge in [0, 0.05) is 38.8 Å². The quantitative estimate of drug-likeness (QED) is 0.126. The number of aliphatic imine (C=N–C) groups is 1. The molecular weight excluding hydrogens is 550 g/mol. The van der Waals surface area contributed by atoms with E-state index in [1.54, 1.807) is 4.90 Å². The largest absolute Gasteiger partial charge is 0.390 e. The molecule has 10 heteroatoms. The molecule has 1 amide bonds. The van der Waals surface area contributed by atoms with Gasteiger partial charge < -0.3 is 20.6 Å². The number of β-amino-alcohol motifs (C(OH)–C–C–N with tert-alkyl or cyclic N) is 1. The number of amides is 1. The first-order valence-corrected chi connectivity index (χ1v) is 14.8. The fraction of sp³-hybridized carbons (Fsp3) is 0.455. The Hall–Kier alpha value is -3.28. The normalized spacial score (nSPS) is 16.0. The van der Waals surface area contributed by atoms with Gasteiger partial charge in [-0.05, 0) is 74.0 Å². The Morgan fingerprint density at radius 1 is 1.05 bits per heavy atom. The van der Waals surface area contributed by atoms with E-state index in [4.69, 9.17) is 11.6 Å². The Bertz CT molecular complexity index is 1170. The van der Waals surface area contributed by atoms with Crippen LogP contribution < -0.4 is 11.6 Å². The predicted molar refractivity (Wildman–Crippen MR) is 168 cm³/mol. The topological polar surface area (TPSA) is 111 Å². The molecule has 1 aliphatic heterocycles. The number of nitrogens with two attached hydrogens (primary N) is 2. The second-order valence-corrected chi connectivity index (χ2v) is 11.5. The van der Waals surface area contributed by atoms with Crippen molar-refractivity contribution < 1.29 is 18.7 Å². The van der Waals surface area contributed by atoms with Crippen LogP contribution in [-0.2, 0) is 10.3 Å². The molecular formula is C33H46F2N6O2. The minimum atomic E-state index is -1.65. The first-order valence-electron chi connectivity index (χ1n) is 14.8. The summed E-state index contributed by atoms with van der Waals surface area (Å²) in [6, 6.07) is 11.2. The van der Waals surface area contributed by atoms with Crippen molar-refractivity contribution >= 4 is 12.6 Å². The van der Waals surface area contributed by atoms with Crippen molar-refractivity contribution in [1.29, 1.82) is 0 Å². The summed E-state index contributed by atoms with van der Waals surface area (Å²) in [6.45, 7) is 11.2. The Balaban J connectivity index is 1.73. The third-order valence-corrected chi connectivity index (χ3v) is 7.71. The second-order valence-electron chi connectivity index (χ2n) is 11.5. The molecule has 2 aromatic carbocycles. The summed E-state index contributed by atoms with van der Waals surface area (Å²) >= 11 is 0. The fourth-order valence-electron chi connectivity index (χ4n) is 5.57. The van der Waals surface area contributed by atoms with Crippen LogP contribution in [0.15, 0.2) is 77.8 Å². The molecule has 1 aliphatic rings. The third kappa shape index (κ3) is 9.35. The second kappa shape index (κ2) is 16.5. The number of aliphatic hydroxyl groups is 1. The standard InChI is InChI=1S/C33H46F2N6O2/c1-25(2)22-40(24-31(42)23-39-20-16-30(17-21-39)41(37)19-7-5-4-6-18-36)32(43)33(38-3,26-8-12-28(34)13-9-26)27-10-14-29(35)15-11-27/h4-15,25,30-31,42H,3,16-24,36-37H2,1-2H3/b6-4-,7-5-. The first-order chi connectivity index (χ1) is 20.6. The molecule has 0 aliphatic carbocycles. The molecule has 3 rings (SSSR count). The van der Waals surface area contributed by atoms with E-state index in [9.17, 15) is 18.7 Å². The van der Waals surface area contributed by atoms with Gasteiger partial charge in [-0.2, -0.15) is 0 Å². The van der Waals surface area contributed by atoms with Crippen LogP contribution in [0.2, 0.25) is 0 Å². The number of benzene rings is 2. The highest BCUT2D eigenvalue weighted by molar-refractivity contribution is 5.92. The van der Waals surface area contributed by atoms with Gasteiger partial charge in [-0.25, -0.2) is 13.8 Å². The molecule has 1 unspecified atom stereocenters. The van der Waals surface area contributed by atoms with Crippen LogP contribution in [-0.4, -0.2) is 90.5 Å². The average Bonchev–Trinajstić information content (AvgIpc) is 2.99. The van der Waals surface area contributed by atoms with Crippen LogP contribution in [0, 0.1) is 17.6 Å². The van der Waals surface area contributed by atoms with Crippen molar-refractivity contribution in [3.63, 3.8) is 0 Å². The number of hydrogen-bond donors (Lipinski definition) is 3.